The van der Waals surface area contributed by atoms with Crippen molar-refractivity contribution in [3.05, 3.63) is 58.1 Å². The number of nitrogens with one attached hydrogen (secondary N) is 1. The van der Waals surface area contributed by atoms with E-state index in [-0.39, 0.29) is 5.91 Å². The lowest BCUT2D eigenvalue weighted by Gasteiger charge is -2.19. The van der Waals surface area contributed by atoms with Gasteiger partial charge in [0.2, 0.25) is 0 Å². The van der Waals surface area contributed by atoms with Crippen molar-refractivity contribution in [2.45, 2.75) is 13.3 Å². The van der Waals surface area contributed by atoms with E-state index in [1.54, 1.807) is 17.5 Å². The average molecular weight is 401 g/mol. The molecule has 0 saturated heterocycles. The lowest BCUT2D eigenvalue weighted by molar-refractivity contribution is 0.102. The van der Waals surface area contributed by atoms with Crippen LogP contribution in [0, 0.1) is 0 Å². The molecule has 1 aromatic heterocycles. The molecule has 1 aliphatic heterocycles. The Morgan fingerprint density at radius 2 is 1.89 bits per heavy atom. The zero-order valence-corrected chi connectivity index (χ0v) is 16.2. The van der Waals surface area contributed by atoms with E-state index >= 15 is 0 Å². The van der Waals surface area contributed by atoms with Crippen LogP contribution in [0.3, 0.4) is 0 Å². The van der Waals surface area contributed by atoms with Crippen molar-refractivity contribution in [2.24, 2.45) is 0 Å². The number of thiazole rings is 1. The minimum atomic E-state index is -0.318. The van der Waals surface area contributed by atoms with E-state index in [9.17, 15) is 4.79 Å². The van der Waals surface area contributed by atoms with Crippen LogP contribution in [0.25, 0.3) is 10.6 Å². The molecule has 138 valence electrons. The highest BCUT2D eigenvalue weighted by atomic mass is 35.5. The second kappa shape index (κ2) is 7.58. The van der Waals surface area contributed by atoms with Crippen molar-refractivity contribution in [3.8, 4) is 22.1 Å². The molecule has 0 saturated carbocycles. The zero-order valence-electron chi connectivity index (χ0n) is 14.6. The molecule has 0 atom stereocenters. The number of anilines is 1. The van der Waals surface area contributed by atoms with E-state index in [1.165, 1.54) is 16.9 Å². The van der Waals surface area contributed by atoms with Crippen molar-refractivity contribution in [3.63, 3.8) is 0 Å². The molecule has 3 aromatic rings. The molecule has 1 N–H and O–H groups in total. The van der Waals surface area contributed by atoms with E-state index < -0.39 is 0 Å². The Labute approximate surface area is 165 Å². The number of halogens is 1. The van der Waals surface area contributed by atoms with Gasteiger partial charge in [0, 0.05) is 23.1 Å². The van der Waals surface area contributed by atoms with Crippen molar-refractivity contribution in [2.75, 3.05) is 18.5 Å². The van der Waals surface area contributed by atoms with Gasteiger partial charge >= 0.3 is 0 Å². The van der Waals surface area contributed by atoms with Crippen molar-refractivity contribution in [1.29, 1.82) is 0 Å². The Balaban J connectivity index is 1.53. The van der Waals surface area contributed by atoms with Crippen LogP contribution in [0.5, 0.6) is 11.5 Å². The number of aryl methyl sites for hydroxylation is 1. The normalized spacial score (nSPS) is 12.7. The van der Waals surface area contributed by atoms with E-state index in [0.717, 1.165) is 17.0 Å². The van der Waals surface area contributed by atoms with Gasteiger partial charge in [0.15, 0.2) is 11.5 Å². The predicted molar refractivity (Wildman–Crippen MR) is 107 cm³/mol. The van der Waals surface area contributed by atoms with Gasteiger partial charge in [0.1, 0.15) is 23.9 Å². The van der Waals surface area contributed by atoms with E-state index in [0.29, 0.717) is 41.1 Å². The summed E-state index contributed by atoms with van der Waals surface area (Å²) < 4.78 is 11.0. The van der Waals surface area contributed by atoms with E-state index in [2.05, 4.69) is 29.4 Å². The van der Waals surface area contributed by atoms with Gasteiger partial charge in [-0.2, -0.15) is 0 Å². The summed E-state index contributed by atoms with van der Waals surface area (Å²) in [7, 11) is 0. The number of rotatable bonds is 4. The third-order valence-corrected chi connectivity index (χ3v) is 5.43. The molecule has 2 heterocycles. The number of hydrogen-bond donors (Lipinski definition) is 1. The summed E-state index contributed by atoms with van der Waals surface area (Å²) in [6.07, 6.45) is 0.988. The summed E-state index contributed by atoms with van der Waals surface area (Å²) in [5.41, 5.74) is 3.07. The smallest absolute Gasteiger partial charge is 0.275 e. The highest BCUT2D eigenvalue weighted by Gasteiger charge is 2.18. The summed E-state index contributed by atoms with van der Waals surface area (Å²) in [5.74, 6) is 0.827. The first kappa shape index (κ1) is 17.8. The lowest BCUT2D eigenvalue weighted by Crippen LogP contribution is -2.17. The van der Waals surface area contributed by atoms with Crippen LogP contribution in [0.2, 0.25) is 5.02 Å². The molecule has 5 nitrogen and oxygen atoms in total. The number of nitrogens with zero attached hydrogens (tertiary/aromatic N) is 1. The van der Waals surface area contributed by atoms with Crippen LogP contribution < -0.4 is 14.8 Å². The van der Waals surface area contributed by atoms with Crippen LogP contribution >= 0.6 is 22.9 Å². The molecular formula is C20H17ClN2O3S. The molecule has 27 heavy (non-hydrogen) atoms. The van der Waals surface area contributed by atoms with Gasteiger partial charge < -0.3 is 14.8 Å². The lowest BCUT2D eigenvalue weighted by atomic mass is 10.1. The summed E-state index contributed by atoms with van der Waals surface area (Å²) in [4.78, 5) is 17.0. The highest BCUT2D eigenvalue weighted by Crippen LogP contribution is 2.38. The molecule has 1 aliphatic rings. The number of fused-ring (bicyclic) bond motifs is 1. The Morgan fingerprint density at radius 3 is 2.59 bits per heavy atom. The van der Waals surface area contributed by atoms with Crippen molar-refractivity contribution < 1.29 is 14.3 Å². The maximum Gasteiger partial charge on any atom is 0.275 e. The maximum absolute atomic E-state index is 12.6. The molecule has 2 aromatic carbocycles. The van der Waals surface area contributed by atoms with Crippen LogP contribution in [0.15, 0.2) is 41.8 Å². The monoisotopic (exact) mass is 400 g/mol. The van der Waals surface area contributed by atoms with Crippen molar-refractivity contribution in [1.82, 2.24) is 4.98 Å². The summed E-state index contributed by atoms with van der Waals surface area (Å²) in [5, 5.41) is 5.73. The van der Waals surface area contributed by atoms with Crippen LogP contribution in [-0.2, 0) is 6.42 Å². The number of carbonyl (C=O) groups is 1. The molecule has 4 rings (SSSR count). The van der Waals surface area contributed by atoms with Gasteiger partial charge in [0.25, 0.3) is 5.91 Å². The maximum atomic E-state index is 12.6. The van der Waals surface area contributed by atoms with E-state index in [1.807, 2.05) is 12.1 Å². The predicted octanol–water partition coefficient (Wildman–Crippen LogP) is 5.05. The number of carbonyl (C=O) groups excluding carboxylic acids is 1. The third-order valence-electron chi connectivity index (χ3n) is 4.23. The van der Waals surface area contributed by atoms with Crippen LogP contribution in [-0.4, -0.2) is 24.1 Å². The number of hydrogen-bond acceptors (Lipinski definition) is 5. The Morgan fingerprint density at radius 1 is 1.19 bits per heavy atom. The number of benzene rings is 2. The third kappa shape index (κ3) is 3.77. The van der Waals surface area contributed by atoms with Crippen molar-refractivity contribution >= 4 is 34.5 Å². The molecule has 0 radical (unpaired) electrons. The quantitative estimate of drug-likeness (QED) is 0.665. The Hall–Kier alpha value is -2.57. The molecule has 0 spiro atoms. The highest BCUT2D eigenvalue weighted by molar-refractivity contribution is 7.13. The van der Waals surface area contributed by atoms with Gasteiger partial charge in [-0.15, -0.1) is 11.3 Å². The first-order chi connectivity index (χ1) is 13.1. The van der Waals surface area contributed by atoms with Crippen LogP contribution in [0.1, 0.15) is 23.0 Å². The molecule has 0 aliphatic carbocycles. The number of ether oxygens (including phenoxy) is 2. The molecule has 0 unspecified atom stereocenters. The summed E-state index contributed by atoms with van der Waals surface area (Å²) in [6, 6.07) is 11.5. The molecule has 1 amide bonds. The fourth-order valence-electron chi connectivity index (χ4n) is 2.74. The standard InChI is InChI=1S/C20H17ClN2O3S/c1-2-12-3-5-13(6-4-12)20-23-16(11-27-20)19(24)22-15-10-18-17(9-14(15)21)25-7-8-26-18/h3-6,9-11H,2,7-8H2,1H3,(H,22,24). The van der Waals surface area contributed by atoms with Gasteiger partial charge in [-0.1, -0.05) is 42.8 Å². The zero-order chi connectivity index (χ0) is 18.8. The molecule has 0 fully saturated rings. The molecule has 0 bridgehead atoms. The minimum Gasteiger partial charge on any atom is -0.486 e. The molecular weight excluding hydrogens is 384 g/mol. The van der Waals surface area contributed by atoms with Gasteiger partial charge in [-0.05, 0) is 12.0 Å². The SMILES string of the molecule is CCc1ccc(-c2nc(C(=O)Nc3cc4c(cc3Cl)OCCO4)cs2)cc1. The van der Waals surface area contributed by atoms with Gasteiger partial charge in [-0.25, -0.2) is 4.98 Å². The summed E-state index contributed by atoms with van der Waals surface area (Å²) >= 11 is 7.69. The first-order valence-corrected chi connectivity index (χ1v) is 9.85. The fourth-order valence-corrected chi connectivity index (χ4v) is 3.75. The minimum absolute atomic E-state index is 0.318. The first-order valence-electron chi connectivity index (χ1n) is 8.59. The van der Waals surface area contributed by atoms with E-state index in [4.69, 9.17) is 21.1 Å². The number of amides is 1. The number of aromatic nitrogens is 1. The Bertz CT molecular complexity index is 985. The largest absolute Gasteiger partial charge is 0.486 e. The summed E-state index contributed by atoms with van der Waals surface area (Å²) in [6.45, 7) is 3.06. The van der Waals surface area contributed by atoms with Crippen LogP contribution in [0.4, 0.5) is 5.69 Å². The topological polar surface area (TPSA) is 60.5 Å². The second-order valence-electron chi connectivity index (χ2n) is 6.02. The average Bonchev–Trinajstić information content (AvgIpc) is 3.19. The fraction of sp³-hybridized carbons (Fsp3) is 0.200. The molecule has 7 heteroatoms. The van der Waals surface area contributed by atoms with Gasteiger partial charge in [0.05, 0.1) is 10.7 Å². The van der Waals surface area contributed by atoms with Gasteiger partial charge in [-0.3, -0.25) is 4.79 Å². The second-order valence-corrected chi connectivity index (χ2v) is 7.28. The Kier molecular flexibility index (Phi) is 5.01.